The van der Waals surface area contributed by atoms with E-state index >= 15 is 0 Å². The molecule has 0 radical (unpaired) electrons. The first-order valence-electron chi connectivity index (χ1n) is 13.3. The first-order valence-corrected chi connectivity index (χ1v) is 13.3. The fourth-order valence-electron chi connectivity index (χ4n) is 6.24. The summed E-state index contributed by atoms with van der Waals surface area (Å²) in [5, 5.41) is 8.16. The maximum atomic E-state index is 12.4. The summed E-state index contributed by atoms with van der Waals surface area (Å²) < 4.78 is 1.88. The number of hydrogen-bond donors (Lipinski definition) is 1. The van der Waals surface area contributed by atoms with Gasteiger partial charge in [-0.25, -0.2) is 0 Å². The van der Waals surface area contributed by atoms with Crippen LogP contribution in [0.3, 0.4) is 0 Å². The lowest BCUT2D eigenvalue weighted by atomic mass is 9.79. The smallest absolute Gasteiger partial charge is 0.235 e. The minimum atomic E-state index is -0.355. The van der Waals surface area contributed by atoms with Gasteiger partial charge in [0.1, 0.15) is 0 Å². The molecule has 5 rings (SSSR count). The number of fused-ring (bicyclic) bond motifs is 1. The van der Waals surface area contributed by atoms with Gasteiger partial charge in [-0.3, -0.25) is 24.5 Å². The Balaban J connectivity index is 1.20. The number of amides is 2. The van der Waals surface area contributed by atoms with Crippen LogP contribution < -0.4 is 10.2 Å². The molecule has 1 unspecified atom stereocenters. The number of carbonyl (C=O) groups excluding carboxylic acids is 2. The fraction of sp³-hybridized carbons (Fsp3) is 0.667. The van der Waals surface area contributed by atoms with Gasteiger partial charge < -0.3 is 4.90 Å². The molecule has 2 amide bonds. The molecule has 184 valence electrons. The van der Waals surface area contributed by atoms with Gasteiger partial charge in [0.05, 0.1) is 17.1 Å². The summed E-state index contributed by atoms with van der Waals surface area (Å²) in [5.74, 6) is 1.03. The highest BCUT2D eigenvalue weighted by Crippen LogP contribution is 2.33. The van der Waals surface area contributed by atoms with E-state index in [1.54, 1.807) is 0 Å². The molecule has 0 bridgehead atoms. The number of nitrogens with one attached hydrogen (secondary N) is 1. The van der Waals surface area contributed by atoms with Crippen LogP contribution in [0.1, 0.15) is 69.9 Å². The number of anilines is 1. The molecule has 2 aliphatic heterocycles. The molecule has 34 heavy (non-hydrogen) atoms. The van der Waals surface area contributed by atoms with Crippen molar-refractivity contribution in [2.24, 2.45) is 18.9 Å². The van der Waals surface area contributed by atoms with Crippen molar-refractivity contribution >= 4 is 28.4 Å². The fourth-order valence-corrected chi connectivity index (χ4v) is 6.24. The van der Waals surface area contributed by atoms with Crippen molar-refractivity contribution in [1.82, 2.24) is 20.0 Å². The third-order valence-electron chi connectivity index (χ3n) is 8.53. The molecule has 1 aliphatic carbocycles. The number of piperazine rings is 1. The molecule has 3 aliphatic rings. The largest absolute Gasteiger partial charge is 0.369 e. The van der Waals surface area contributed by atoms with Crippen LogP contribution >= 0.6 is 0 Å². The Labute approximate surface area is 202 Å². The quantitative estimate of drug-likeness (QED) is 0.657. The second-order valence-electron chi connectivity index (χ2n) is 10.7. The minimum Gasteiger partial charge on any atom is -0.369 e. The average molecular weight is 466 g/mol. The van der Waals surface area contributed by atoms with Crippen molar-refractivity contribution < 1.29 is 9.59 Å². The van der Waals surface area contributed by atoms with Crippen LogP contribution in [-0.2, 0) is 16.6 Å². The lowest BCUT2D eigenvalue weighted by molar-refractivity contribution is -0.134. The van der Waals surface area contributed by atoms with E-state index in [4.69, 9.17) is 0 Å². The van der Waals surface area contributed by atoms with Gasteiger partial charge in [-0.2, -0.15) is 5.10 Å². The summed E-state index contributed by atoms with van der Waals surface area (Å²) in [7, 11) is 1.94. The molecule has 2 saturated heterocycles. The SMILES string of the molecule is C[C@H](CCN1CCN(c2ccc3c(C4CCC(=O)NC4=O)nn(C)c3c2)CC1)C1CCCCC1. The van der Waals surface area contributed by atoms with Crippen molar-refractivity contribution in [1.29, 1.82) is 0 Å². The molecule has 7 nitrogen and oxygen atoms in total. The summed E-state index contributed by atoms with van der Waals surface area (Å²) in [5.41, 5.74) is 3.05. The molecule has 1 aromatic carbocycles. The summed E-state index contributed by atoms with van der Waals surface area (Å²) in [6, 6.07) is 6.48. The van der Waals surface area contributed by atoms with E-state index in [0.717, 1.165) is 54.6 Å². The number of benzene rings is 1. The molecule has 1 saturated carbocycles. The molecule has 3 heterocycles. The van der Waals surface area contributed by atoms with Crippen molar-refractivity contribution in [2.75, 3.05) is 37.6 Å². The summed E-state index contributed by atoms with van der Waals surface area (Å²) in [6.45, 7) is 8.01. The van der Waals surface area contributed by atoms with Gasteiger partial charge in [0.25, 0.3) is 0 Å². The second-order valence-corrected chi connectivity index (χ2v) is 10.7. The number of rotatable bonds is 6. The summed E-state index contributed by atoms with van der Waals surface area (Å²) >= 11 is 0. The van der Waals surface area contributed by atoms with Gasteiger partial charge in [-0.05, 0) is 49.4 Å². The molecule has 1 aromatic heterocycles. The van der Waals surface area contributed by atoms with Crippen molar-refractivity contribution in [3.63, 3.8) is 0 Å². The van der Waals surface area contributed by atoms with Gasteiger partial charge in [0.15, 0.2) is 0 Å². The zero-order valence-electron chi connectivity index (χ0n) is 20.8. The highest BCUT2D eigenvalue weighted by Gasteiger charge is 2.32. The number of aryl methyl sites for hydroxylation is 1. The van der Waals surface area contributed by atoms with Crippen molar-refractivity contribution in [3.05, 3.63) is 23.9 Å². The van der Waals surface area contributed by atoms with Crippen LogP contribution in [0.25, 0.3) is 10.9 Å². The number of hydrogen-bond acceptors (Lipinski definition) is 5. The highest BCUT2D eigenvalue weighted by atomic mass is 16.2. The Morgan fingerprint density at radius 2 is 1.82 bits per heavy atom. The zero-order chi connectivity index (χ0) is 23.7. The topological polar surface area (TPSA) is 70.5 Å². The maximum absolute atomic E-state index is 12.4. The summed E-state index contributed by atoms with van der Waals surface area (Å²) in [4.78, 5) is 29.0. The minimum absolute atomic E-state index is 0.189. The molecular formula is C27H39N5O2. The van der Waals surface area contributed by atoms with E-state index in [-0.39, 0.29) is 17.7 Å². The van der Waals surface area contributed by atoms with Crippen LogP contribution in [0, 0.1) is 11.8 Å². The lowest BCUT2D eigenvalue weighted by Gasteiger charge is -2.37. The van der Waals surface area contributed by atoms with Crippen LogP contribution in [0.4, 0.5) is 5.69 Å². The lowest BCUT2D eigenvalue weighted by Crippen LogP contribution is -2.47. The van der Waals surface area contributed by atoms with E-state index in [1.165, 1.54) is 50.8 Å². The zero-order valence-corrected chi connectivity index (χ0v) is 20.8. The highest BCUT2D eigenvalue weighted by molar-refractivity contribution is 6.02. The monoisotopic (exact) mass is 465 g/mol. The first kappa shape index (κ1) is 23.3. The Bertz CT molecular complexity index is 1030. The third-order valence-corrected chi connectivity index (χ3v) is 8.53. The molecular weight excluding hydrogens is 426 g/mol. The van der Waals surface area contributed by atoms with Crippen LogP contribution in [-0.4, -0.2) is 59.2 Å². The van der Waals surface area contributed by atoms with Crippen molar-refractivity contribution in [2.45, 2.75) is 64.2 Å². The van der Waals surface area contributed by atoms with E-state index in [9.17, 15) is 9.59 Å². The predicted molar refractivity (Wildman–Crippen MR) is 135 cm³/mol. The Morgan fingerprint density at radius 3 is 2.56 bits per heavy atom. The average Bonchev–Trinajstić information content (AvgIpc) is 3.19. The van der Waals surface area contributed by atoms with E-state index in [1.807, 2.05) is 11.7 Å². The van der Waals surface area contributed by atoms with Gasteiger partial charge in [-0.1, -0.05) is 39.0 Å². The number of piperidine rings is 1. The Hall–Kier alpha value is -2.41. The maximum Gasteiger partial charge on any atom is 0.235 e. The molecule has 7 heteroatoms. The Kier molecular flexibility index (Phi) is 6.91. The van der Waals surface area contributed by atoms with Crippen LogP contribution in [0.2, 0.25) is 0 Å². The Morgan fingerprint density at radius 1 is 1.06 bits per heavy atom. The molecule has 0 spiro atoms. The van der Waals surface area contributed by atoms with E-state index in [0.29, 0.717) is 12.8 Å². The van der Waals surface area contributed by atoms with E-state index < -0.39 is 0 Å². The predicted octanol–water partition coefficient (Wildman–Crippen LogP) is 3.82. The van der Waals surface area contributed by atoms with Gasteiger partial charge in [0.2, 0.25) is 11.8 Å². The van der Waals surface area contributed by atoms with Gasteiger partial charge >= 0.3 is 0 Å². The molecule has 1 N–H and O–H groups in total. The number of imide groups is 1. The van der Waals surface area contributed by atoms with Gasteiger partial charge in [0, 0.05) is 50.7 Å². The van der Waals surface area contributed by atoms with Gasteiger partial charge in [-0.15, -0.1) is 0 Å². The number of nitrogens with zero attached hydrogens (tertiary/aromatic N) is 4. The van der Waals surface area contributed by atoms with Crippen LogP contribution in [0.5, 0.6) is 0 Å². The summed E-state index contributed by atoms with van der Waals surface area (Å²) in [6.07, 6.45) is 9.42. The third kappa shape index (κ3) is 4.85. The van der Waals surface area contributed by atoms with Crippen LogP contribution in [0.15, 0.2) is 18.2 Å². The molecule has 2 atom stereocenters. The normalized spacial score (nSPS) is 23.9. The first-order chi connectivity index (χ1) is 16.5. The molecule has 3 fully saturated rings. The van der Waals surface area contributed by atoms with E-state index in [2.05, 4.69) is 45.3 Å². The number of carbonyl (C=O) groups is 2. The molecule has 2 aromatic rings. The van der Waals surface area contributed by atoms with Crippen molar-refractivity contribution in [3.8, 4) is 0 Å². The standard InChI is InChI=1S/C27H39N5O2/c1-19(20-6-4-3-5-7-20)12-13-31-14-16-32(17-15-31)21-8-9-22-24(18-21)30(2)29-26(22)23-10-11-25(33)28-27(23)34/h8-9,18-20,23H,3-7,10-17H2,1-2H3,(H,28,33,34)/t19-,23?/m1/s1. The number of aromatic nitrogens is 2. The second kappa shape index (κ2) is 10.1.